The second kappa shape index (κ2) is 6.23. The number of hydrogen-bond acceptors (Lipinski definition) is 2. The monoisotopic (exact) mass is 320 g/mol. The van der Waals surface area contributed by atoms with Gasteiger partial charge in [0.1, 0.15) is 0 Å². The molecule has 1 aliphatic heterocycles. The van der Waals surface area contributed by atoms with Gasteiger partial charge in [0.15, 0.2) is 0 Å². The minimum atomic E-state index is 1.02. The molecule has 3 aromatic carbocycles. The van der Waals surface area contributed by atoms with E-state index in [1.54, 1.807) is 0 Å². The van der Waals surface area contributed by atoms with Crippen LogP contribution in [0.15, 0.2) is 82.6 Å². The molecule has 0 saturated carbocycles. The molecule has 22 heavy (non-hydrogen) atoms. The number of benzene rings is 3. The maximum Gasteiger partial charge on any atom is 0.0238 e. The predicted octanol–water partition coefficient (Wildman–Crippen LogP) is 6.25. The Bertz CT molecular complexity index is 740. The molecule has 0 spiro atoms. The van der Waals surface area contributed by atoms with Gasteiger partial charge in [-0.2, -0.15) is 0 Å². The summed E-state index contributed by atoms with van der Waals surface area (Å²) in [6.45, 7) is 0. The maximum atomic E-state index is 2.26. The van der Waals surface area contributed by atoms with Gasteiger partial charge in [0.25, 0.3) is 0 Å². The van der Waals surface area contributed by atoms with Gasteiger partial charge in [-0.3, -0.25) is 0 Å². The molecule has 0 bridgehead atoms. The minimum Gasteiger partial charge on any atom is -0.120 e. The quantitative estimate of drug-likeness (QED) is 0.480. The second-order valence-electron chi connectivity index (χ2n) is 5.34. The first-order valence-electron chi connectivity index (χ1n) is 7.42. The molecule has 0 fully saturated rings. The molecular formula is C20H16S2. The predicted molar refractivity (Wildman–Crippen MR) is 97.4 cm³/mol. The van der Waals surface area contributed by atoms with E-state index in [2.05, 4.69) is 72.8 Å². The molecule has 0 radical (unpaired) electrons. The normalized spacial score (nSPS) is 13.6. The van der Waals surface area contributed by atoms with E-state index in [0.717, 1.165) is 11.5 Å². The van der Waals surface area contributed by atoms with Gasteiger partial charge in [-0.15, -0.1) is 23.5 Å². The highest BCUT2D eigenvalue weighted by Gasteiger charge is 2.13. The first kappa shape index (κ1) is 14.0. The maximum absolute atomic E-state index is 2.26. The summed E-state index contributed by atoms with van der Waals surface area (Å²) in [4.78, 5) is 2.78. The number of rotatable bonds is 0. The molecule has 0 atom stereocenters. The number of hydrogen-bond donors (Lipinski definition) is 0. The Labute approximate surface area is 140 Å². The molecule has 0 unspecified atom stereocenters. The van der Waals surface area contributed by atoms with Crippen LogP contribution in [0.3, 0.4) is 0 Å². The molecule has 1 heterocycles. The van der Waals surface area contributed by atoms with Crippen molar-refractivity contribution in [3.63, 3.8) is 0 Å². The van der Waals surface area contributed by atoms with Crippen molar-refractivity contribution in [2.45, 2.75) is 21.3 Å². The average Bonchev–Trinajstić information content (AvgIpc) is 2.59. The van der Waals surface area contributed by atoms with E-state index in [1.807, 2.05) is 23.5 Å². The summed E-state index contributed by atoms with van der Waals surface area (Å²) in [5, 5.41) is 0. The largest absolute Gasteiger partial charge is 0.120 e. The summed E-state index contributed by atoms with van der Waals surface area (Å²) in [6.07, 6.45) is 0. The molecular weight excluding hydrogens is 304 g/mol. The summed E-state index contributed by atoms with van der Waals surface area (Å²) in [5.41, 5.74) is 5.60. The lowest BCUT2D eigenvalue weighted by Crippen LogP contribution is -1.94. The van der Waals surface area contributed by atoms with E-state index in [9.17, 15) is 0 Å². The zero-order valence-electron chi connectivity index (χ0n) is 12.2. The Hall–Kier alpha value is -1.64. The van der Waals surface area contributed by atoms with Crippen molar-refractivity contribution in [2.24, 2.45) is 0 Å². The van der Waals surface area contributed by atoms with Gasteiger partial charge in [-0.05, 0) is 34.4 Å². The molecule has 0 N–H and O–H groups in total. The SMILES string of the molecule is c1ccc2c(c1)CSc1ccccc1SCc1ccccc1-2. The van der Waals surface area contributed by atoms with Gasteiger partial charge in [-0.1, -0.05) is 60.7 Å². The van der Waals surface area contributed by atoms with Gasteiger partial charge in [0, 0.05) is 21.3 Å². The Morgan fingerprint density at radius 1 is 0.500 bits per heavy atom. The van der Waals surface area contributed by atoms with Crippen LogP contribution < -0.4 is 0 Å². The van der Waals surface area contributed by atoms with Crippen molar-refractivity contribution in [3.05, 3.63) is 83.9 Å². The van der Waals surface area contributed by atoms with Gasteiger partial charge in [0.05, 0.1) is 0 Å². The summed E-state index contributed by atoms with van der Waals surface area (Å²) < 4.78 is 0. The van der Waals surface area contributed by atoms with Crippen molar-refractivity contribution < 1.29 is 0 Å². The van der Waals surface area contributed by atoms with Crippen molar-refractivity contribution >= 4 is 23.5 Å². The first-order chi connectivity index (χ1) is 10.9. The van der Waals surface area contributed by atoms with E-state index in [-0.39, 0.29) is 0 Å². The first-order valence-corrected chi connectivity index (χ1v) is 9.40. The zero-order chi connectivity index (χ0) is 14.8. The van der Waals surface area contributed by atoms with Gasteiger partial charge in [-0.25, -0.2) is 0 Å². The fraction of sp³-hybridized carbons (Fsp3) is 0.100. The van der Waals surface area contributed by atoms with E-state index in [1.165, 1.54) is 32.0 Å². The van der Waals surface area contributed by atoms with Crippen LogP contribution >= 0.6 is 23.5 Å². The highest BCUT2D eigenvalue weighted by atomic mass is 32.2. The van der Waals surface area contributed by atoms with Crippen molar-refractivity contribution in [1.82, 2.24) is 0 Å². The van der Waals surface area contributed by atoms with Crippen LogP contribution in [0.25, 0.3) is 11.1 Å². The van der Waals surface area contributed by atoms with Crippen LogP contribution in [0.1, 0.15) is 11.1 Å². The van der Waals surface area contributed by atoms with Crippen LogP contribution in [0.4, 0.5) is 0 Å². The smallest absolute Gasteiger partial charge is 0.0238 e. The molecule has 3 aromatic rings. The van der Waals surface area contributed by atoms with Crippen LogP contribution in [0.5, 0.6) is 0 Å². The van der Waals surface area contributed by atoms with E-state index >= 15 is 0 Å². The van der Waals surface area contributed by atoms with Gasteiger partial charge < -0.3 is 0 Å². The third-order valence-corrected chi connectivity index (χ3v) is 6.31. The van der Waals surface area contributed by atoms with Crippen LogP contribution in [-0.4, -0.2) is 0 Å². The number of thioether (sulfide) groups is 2. The van der Waals surface area contributed by atoms with E-state index in [4.69, 9.17) is 0 Å². The highest BCUT2D eigenvalue weighted by molar-refractivity contribution is 8.01. The van der Waals surface area contributed by atoms with E-state index < -0.39 is 0 Å². The van der Waals surface area contributed by atoms with Crippen molar-refractivity contribution in [1.29, 1.82) is 0 Å². The molecule has 108 valence electrons. The van der Waals surface area contributed by atoms with Crippen molar-refractivity contribution in [3.8, 4) is 11.1 Å². The molecule has 4 rings (SSSR count). The summed E-state index contributed by atoms with van der Waals surface area (Å²) in [6, 6.07) is 26.4. The molecule has 0 amide bonds. The molecule has 2 heteroatoms. The molecule has 1 aliphatic rings. The van der Waals surface area contributed by atoms with Crippen molar-refractivity contribution in [2.75, 3.05) is 0 Å². The van der Waals surface area contributed by atoms with Crippen LogP contribution in [-0.2, 0) is 11.5 Å². The molecule has 0 nitrogen and oxygen atoms in total. The Morgan fingerprint density at radius 2 is 0.909 bits per heavy atom. The lowest BCUT2D eigenvalue weighted by Gasteiger charge is -2.17. The van der Waals surface area contributed by atoms with Gasteiger partial charge >= 0.3 is 0 Å². The lowest BCUT2D eigenvalue weighted by molar-refractivity contribution is 1.22. The molecule has 0 saturated heterocycles. The minimum absolute atomic E-state index is 1.02. The second-order valence-corrected chi connectivity index (χ2v) is 7.37. The van der Waals surface area contributed by atoms with E-state index in [0.29, 0.717) is 0 Å². The van der Waals surface area contributed by atoms with Crippen LogP contribution in [0.2, 0.25) is 0 Å². The Morgan fingerprint density at radius 3 is 1.41 bits per heavy atom. The fourth-order valence-corrected chi connectivity index (χ4v) is 5.07. The lowest BCUT2D eigenvalue weighted by atomic mass is 9.97. The Kier molecular flexibility index (Phi) is 3.96. The summed E-state index contributed by atoms with van der Waals surface area (Å²) in [7, 11) is 0. The molecule has 0 aliphatic carbocycles. The number of fused-ring (bicyclic) bond motifs is 4. The summed E-state index contributed by atoms with van der Waals surface area (Å²) >= 11 is 3.88. The standard InChI is InChI=1S/C20H16S2/c1-3-9-17-15(7-1)13-21-19-11-5-6-12-20(19)22-14-16-8-2-4-10-18(16)17/h1-12H,13-14H2. The average molecular weight is 320 g/mol. The van der Waals surface area contributed by atoms with Crippen LogP contribution in [0, 0.1) is 0 Å². The fourth-order valence-electron chi connectivity index (χ4n) is 2.82. The molecule has 0 aromatic heterocycles. The highest BCUT2D eigenvalue weighted by Crippen LogP contribution is 2.39. The third-order valence-electron chi connectivity index (χ3n) is 3.94. The topological polar surface area (TPSA) is 0 Å². The Balaban J connectivity index is 1.87. The van der Waals surface area contributed by atoms with Gasteiger partial charge in [0.2, 0.25) is 0 Å². The third kappa shape index (κ3) is 2.69. The zero-order valence-corrected chi connectivity index (χ0v) is 13.8. The summed E-state index contributed by atoms with van der Waals surface area (Å²) in [5.74, 6) is 2.03.